The van der Waals surface area contributed by atoms with Crippen LogP contribution in [-0.2, 0) is 0 Å². The third-order valence-electron chi connectivity index (χ3n) is 1.20. The normalized spacial score (nSPS) is 11.8. The topological polar surface area (TPSA) is 12.9 Å². The van der Waals surface area contributed by atoms with Crippen LogP contribution in [0.5, 0.6) is 0 Å². The van der Waals surface area contributed by atoms with Gasteiger partial charge in [-0.3, -0.25) is 0 Å². The highest BCUT2D eigenvalue weighted by Gasteiger charge is 2.29. The van der Waals surface area contributed by atoms with Crippen LogP contribution in [0, 0.1) is 11.8 Å². The summed E-state index contributed by atoms with van der Waals surface area (Å²) in [5.74, 6) is -2.90. The lowest BCUT2D eigenvalue weighted by atomic mass is 9.81. The number of nitrogens with zero attached hydrogens (tertiary/aromatic N) is 1. The predicted molar refractivity (Wildman–Crippen MR) is 32.9 cm³/mol. The highest BCUT2D eigenvalue weighted by atomic mass is 19.4. The Hall–Kier alpha value is -1.14. The standard InChI is InChI=1S/C5H2BF5N/c7-4-1-5(8)12-2-3(4)6(9,10)11/h1-2H/q-1. The highest BCUT2D eigenvalue weighted by Crippen LogP contribution is 2.10. The number of hydrogen-bond donors (Lipinski definition) is 0. The quantitative estimate of drug-likeness (QED) is 0.363. The summed E-state index contributed by atoms with van der Waals surface area (Å²) >= 11 is 0. The van der Waals surface area contributed by atoms with E-state index in [1.807, 2.05) is 0 Å². The summed E-state index contributed by atoms with van der Waals surface area (Å²) in [4.78, 5) is 2.70. The van der Waals surface area contributed by atoms with Crippen molar-refractivity contribution in [2.75, 3.05) is 0 Å². The van der Waals surface area contributed by atoms with Crippen LogP contribution < -0.4 is 5.46 Å². The zero-order chi connectivity index (χ0) is 9.35. The minimum atomic E-state index is -5.45. The molecule has 1 aromatic heterocycles. The average Bonchev–Trinajstić information content (AvgIpc) is 1.83. The van der Waals surface area contributed by atoms with Crippen molar-refractivity contribution in [2.45, 2.75) is 0 Å². The molecule has 0 unspecified atom stereocenters. The summed E-state index contributed by atoms with van der Waals surface area (Å²) in [7, 11) is 0. The lowest BCUT2D eigenvalue weighted by Crippen LogP contribution is -2.37. The molecule has 0 aliphatic heterocycles. The molecule has 1 nitrogen and oxygen atoms in total. The van der Waals surface area contributed by atoms with Gasteiger partial charge in [0.15, 0.2) is 0 Å². The predicted octanol–water partition coefficient (Wildman–Crippen LogP) is 1.41. The Bertz CT molecular complexity index is 296. The molecule has 0 atom stereocenters. The summed E-state index contributed by atoms with van der Waals surface area (Å²) in [5.41, 5.74) is -1.50. The molecule has 0 fully saturated rings. The SMILES string of the molecule is Fc1cc(F)c([B-](F)(F)F)cn1. The van der Waals surface area contributed by atoms with Crippen LogP contribution in [0.15, 0.2) is 12.3 Å². The highest BCUT2D eigenvalue weighted by molar-refractivity contribution is 6.73. The zero-order valence-electron chi connectivity index (χ0n) is 5.57. The summed E-state index contributed by atoms with van der Waals surface area (Å²) in [6.07, 6.45) is 0.144. The van der Waals surface area contributed by atoms with Crippen molar-refractivity contribution in [3.05, 3.63) is 24.0 Å². The van der Waals surface area contributed by atoms with Gasteiger partial charge in [-0.2, -0.15) is 4.39 Å². The molecule has 7 heteroatoms. The molecule has 1 aromatic rings. The van der Waals surface area contributed by atoms with Gasteiger partial charge < -0.3 is 12.9 Å². The number of halogens is 5. The van der Waals surface area contributed by atoms with Crippen molar-refractivity contribution >= 4 is 12.4 Å². The summed E-state index contributed by atoms with van der Waals surface area (Å²) in [6, 6.07) is 0.102. The fourth-order valence-electron chi connectivity index (χ4n) is 0.659. The van der Waals surface area contributed by atoms with Crippen LogP contribution in [0.3, 0.4) is 0 Å². The molecule has 0 saturated heterocycles. The van der Waals surface area contributed by atoms with E-state index in [9.17, 15) is 21.7 Å². The van der Waals surface area contributed by atoms with Crippen LogP contribution in [0.1, 0.15) is 0 Å². The number of hydrogen-bond acceptors (Lipinski definition) is 1. The van der Waals surface area contributed by atoms with Gasteiger partial charge in [-0.05, 0) is 0 Å². The maximum absolute atomic E-state index is 12.4. The largest absolute Gasteiger partial charge is 0.514 e. The van der Waals surface area contributed by atoms with Crippen molar-refractivity contribution in [3.63, 3.8) is 0 Å². The van der Waals surface area contributed by atoms with Crippen molar-refractivity contribution in [3.8, 4) is 0 Å². The van der Waals surface area contributed by atoms with Gasteiger partial charge in [0.1, 0.15) is 5.82 Å². The van der Waals surface area contributed by atoms with Crippen molar-refractivity contribution in [1.29, 1.82) is 0 Å². The molecule has 0 aliphatic rings. The second kappa shape index (κ2) is 2.73. The molecule has 0 spiro atoms. The zero-order valence-corrected chi connectivity index (χ0v) is 5.57. The van der Waals surface area contributed by atoms with Crippen molar-refractivity contribution in [1.82, 2.24) is 4.98 Å². The van der Waals surface area contributed by atoms with E-state index >= 15 is 0 Å². The molecule has 0 aliphatic carbocycles. The minimum Gasteiger partial charge on any atom is -0.445 e. The molecule has 0 radical (unpaired) electrons. The Morgan fingerprint density at radius 2 is 1.75 bits per heavy atom. The second-order valence-corrected chi connectivity index (χ2v) is 2.10. The van der Waals surface area contributed by atoms with Gasteiger partial charge in [-0.25, -0.2) is 9.37 Å². The van der Waals surface area contributed by atoms with E-state index in [1.54, 1.807) is 0 Å². The van der Waals surface area contributed by atoms with Crippen molar-refractivity contribution < 1.29 is 21.7 Å². The molecule has 0 saturated carbocycles. The Balaban J connectivity index is 3.19. The van der Waals surface area contributed by atoms with Crippen LogP contribution in [0.4, 0.5) is 21.7 Å². The van der Waals surface area contributed by atoms with Gasteiger partial charge in [0.2, 0.25) is 5.95 Å². The van der Waals surface area contributed by atoms with E-state index in [-0.39, 0.29) is 12.3 Å². The fraction of sp³-hybridized carbons (Fsp3) is 0. The summed E-state index contributed by atoms with van der Waals surface area (Å²) < 4.78 is 59.9. The monoisotopic (exact) mass is 182 g/mol. The molecule has 0 N–H and O–H groups in total. The third-order valence-corrected chi connectivity index (χ3v) is 1.20. The summed E-state index contributed by atoms with van der Waals surface area (Å²) in [5, 5.41) is 0. The second-order valence-electron chi connectivity index (χ2n) is 2.10. The molecular weight excluding hydrogens is 180 g/mol. The van der Waals surface area contributed by atoms with Crippen LogP contribution in [0.25, 0.3) is 0 Å². The molecule has 0 aromatic carbocycles. The van der Waals surface area contributed by atoms with E-state index in [0.717, 1.165) is 0 Å². The van der Waals surface area contributed by atoms with Gasteiger partial charge in [-0.15, -0.1) is 0 Å². The van der Waals surface area contributed by atoms with E-state index in [1.165, 1.54) is 0 Å². The Labute approximate surface area is 64.3 Å². The average molecular weight is 182 g/mol. The Morgan fingerprint density at radius 1 is 1.17 bits per heavy atom. The van der Waals surface area contributed by atoms with Crippen LogP contribution in [0.2, 0.25) is 0 Å². The number of aromatic nitrogens is 1. The first-order chi connectivity index (χ1) is 5.41. The molecular formula is C5H2BF5N-. The molecule has 1 heterocycles. The molecule has 0 amide bonds. The Kier molecular flexibility index (Phi) is 2.03. The van der Waals surface area contributed by atoms with Gasteiger partial charge in [0.05, 0.1) is 0 Å². The minimum absolute atomic E-state index is 0.102. The van der Waals surface area contributed by atoms with E-state index in [2.05, 4.69) is 4.98 Å². The molecule has 66 valence electrons. The third kappa shape index (κ3) is 1.72. The van der Waals surface area contributed by atoms with E-state index in [4.69, 9.17) is 0 Å². The smallest absolute Gasteiger partial charge is 0.445 e. The van der Waals surface area contributed by atoms with Crippen LogP contribution >= 0.6 is 0 Å². The van der Waals surface area contributed by atoms with Gasteiger partial charge in [0, 0.05) is 12.3 Å². The first-order valence-electron chi connectivity index (χ1n) is 2.92. The first-order valence-corrected chi connectivity index (χ1v) is 2.92. The maximum Gasteiger partial charge on any atom is 0.514 e. The van der Waals surface area contributed by atoms with Gasteiger partial charge >= 0.3 is 6.98 Å². The number of rotatable bonds is 1. The van der Waals surface area contributed by atoms with Gasteiger partial charge in [-0.1, -0.05) is 5.46 Å². The first kappa shape index (κ1) is 8.96. The molecule has 12 heavy (non-hydrogen) atoms. The van der Waals surface area contributed by atoms with E-state index in [0.29, 0.717) is 0 Å². The molecule has 1 rings (SSSR count). The Morgan fingerprint density at radius 3 is 2.17 bits per heavy atom. The lowest BCUT2D eigenvalue weighted by molar-refractivity contribution is 0.490. The van der Waals surface area contributed by atoms with Crippen molar-refractivity contribution in [2.24, 2.45) is 0 Å². The van der Waals surface area contributed by atoms with E-state index < -0.39 is 24.2 Å². The van der Waals surface area contributed by atoms with Crippen LogP contribution in [-0.4, -0.2) is 12.0 Å². The van der Waals surface area contributed by atoms with Gasteiger partial charge in [0.25, 0.3) is 0 Å². The fourth-order valence-corrected chi connectivity index (χ4v) is 0.659. The maximum atomic E-state index is 12.4. The summed E-state index contributed by atoms with van der Waals surface area (Å²) in [6.45, 7) is -5.45. The lowest BCUT2D eigenvalue weighted by Gasteiger charge is -2.14. The number of pyridine rings is 1. The molecule has 0 bridgehead atoms.